The minimum absolute atomic E-state index is 0.0108. The van der Waals surface area contributed by atoms with Crippen LogP contribution < -0.4 is 0 Å². The monoisotopic (exact) mass is 233 g/mol. The van der Waals surface area contributed by atoms with E-state index in [2.05, 4.69) is 0 Å². The first-order chi connectivity index (χ1) is 8.19. The van der Waals surface area contributed by atoms with Gasteiger partial charge in [0, 0.05) is 5.56 Å². The number of carbonyl (C=O) groups excluding carboxylic acids is 1. The number of nitrogens with zero attached hydrogens (tertiary/aromatic N) is 1. The molecule has 17 heavy (non-hydrogen) atoms. The van der Waals surface area contributed by atoms with E-state index in [0.29, 0.717) is 6.61 Å². The Morgan fingerprint density at radius 3 is 3.00 bits per heavy atom. The summed E-state index contributed by atoms with van der Waals surface area (Å²) in [6.45, 7) is 2.04. The second-order valence-corrected chi connectivity index (χ2v) is 3.23. The number of halogens is 1. The lowest BCUT2D eigenvalue weighted by molar-refractivity contribution is -0.142. The second kappa shape index (κ2) is 6.44. The molecule has 0 aliphatic carbocycles. The molecule has 0 heterocycles. The number of hydrogen-bond donors (Lipinski definition) is 0. The fourth-order valence-corrected chi connectivity index (χ4v) is 1.27. The molecule has 1 aromatic carbocycles. The molecule has 4 heteroatoms. The summed E-state index contributed by atoms with van der Waals surface area (Å²) >= 11 is 0. The minimum atomic E-state index is -0.574. The van der Waals surface area contributed by atoms with Gasteiger partial charge in [0.25, 0.3) is 0 Å². The Hall–Kier alpha value is -2.15. The Kier molecular flexibility index (Phi) is 4.89. The molecule has 0 amide bonds. The molecule has 0 aliphatic heterocycles. The van der Waals surface area contributed by atoms with Crippen LogP contribution >= 0.6 is 0 Å². The van der Waals surface area contributed by atoms with E-state index in [1.54, 1.807) is 19.1 Å². The molecule has 0 aromatic heterocycles. The molecular weight excluding hydrogens is 221 g/mol. The quantitative estimate of drug-likeness (QED) is 0.751. The average Bonchev–Trinajstić information content (AvgIpc) is 2.32. The highest BCUT2D eigenvalue weighted by Gasteiger charge is 2.04. The zero-order valence-corrected chi connectivity index (χ0v) is 9.44. The van der Waals surface area contributed by atoms with Crippen molar-refractivity contribution in [3.63, 3.8) is 0 Å². The molecule has 0 saturated heterocycles. The topological polar surface area (TPSA) is 50.1 Å². The maximum absolute atomic E-state index is 13.6. The molecule has 88 valence electrons. The predicted molar refractivity (Wildman–Crippen MR) is 61.4 cm³/mol. The van der Waals surface area contributed by atoms with E-state index < -0.39 is 5.82 Å². The van der Waals surface area contributed by atoms with Gasteiger partial charge in [0.1, 0.15) is 11.9 Å². The van der Waals surface area contributed by atoms with Gasteiger partial charge < -0.3 is 4.74 Å². The summed E-state index contributed by atoms with van der Waals surface area (Å²) in [5.74, 6) is -0.935. The van der Waals surface area contributed by atoms with Crippen molar-refractivity contribution >= 4 is 12.0 Å². The van der Waals surface area contributed by atoms with Gasteiger partial charge in [0.2, 0.25) is 0 Å². The van der Waals surface area contributed by atoms with Crippen LogP contribution in [-0.4, -0.2) is 12.6 Å². The summed E-state index contributed by atoms with van der Waals surface area (Å²) in [6, 6.07) is 6.28. The van der Waals surface area contributed by atoms with E-state index in [1.165, 1.54) is 24.3 Å². The highest BCUT2D eigenvalue weighted by atomic mass is 19.1. The molecule has 0 unspecified atom stereocenters. The van der Waals surface area contributed by atoms with Crippen LogP contribution in [0.4, 0.5) is 4.39 Å². The van der Waals surface area contributed by atoms with Crippen molar-refractivity contribution in [1.29, 1.82) is 5.26 Å². The molecule has 0 atom stereocenters. The van der Waals surface area contributed by atoms with Crippen molar-refractivity contribution in [2.75, 3.05) is 6.61 Å². The normalized spacial score (nSPS) is 10.2. The van der Waals surface area contributed by atoms with Gasteiger partial charge in [-0.25, -0.2) is 4.39 Å². The standard InChI is InChI=1S/C13H12FNO2/c1-2-17-12(16)8-4-6-10-5-3-7-11(9-15)13(10)14/h3-7H,2,8H2,1H3. The third-order valence-electron chi connectivity index (χ3n) is 2.04. The van der Waals surface area contributed by atoms with E-state index >= 15 is 0 Å². The average molecular weight is 233 g/mol. The number of rotatable bonds is 4. The summed E-state index contributed by atoms with van der Waals surface area (Å²) < 4.78 is 18.3. The number of benzene rings is 1. The minimum Gasteiger partial charge on any atom is -0.466 e. The van der Waals surface area contributed by atoms with Crippen molar-refractivity contribution in [2.24, 2.45) is 0 Å². The number of carbonyl (C=O) groups is 1. The lowest BCUT2D eigenvalue weighted by Crippen LogP contribution is -2.01. The second-order valence-electron chi connectivity index (χ2n) is 3.23. The van der Waals surface area contributed by atoms with Crippen LogP contribution in [0.15, 0.2) is 24.3 Å². The van der Waals surface area contributed by atoms with E-state index in [1.807, 2.05) is 0 Å². The molecular formula is C13H12FNO2. The van der Waals surface area contributed by atoms with Crippen LogP contribution in [0.2, 0.25) is 0 Å². The summed E-state index contributed by atoms with van der Waals surface area (Å²) in [5, 5.41) is 8.64. The highest BCUT2D eigenvalue weighted by Crippen LogP contribution is 2.13. The molecule has 0 radical (unpaired) electrons. The maximum atomic E-state index is 13.6. The largest absolute Gasteiger partial charge is 0.466 e. The first kappa shape index (κ1) is 12.9. The summed E-state index contributed by atoms with van der Waals surface area (Å²) in [6.07, 6.45) is 3.06. The van der Waals surface area contributed by atoms with Crippen LogP contribution in [0.3, 0.4) is 0 Å². The van der Waals surface area contributed by atoms with Crippen LogP contribution in [0.5, 0.6) is 0 Å². The zero-order chi connectivity index (χ0) is 12.7. The Labute approximate surface area is 99.1 Å². The Bertz CT molecular complexity index is 475. The van der Waals surface area contributed by atoms with Gasteiger partial charge in [0.05, 0.1) is 18.6 Å². The molecule has 1 aromatic rings. The van der Waals surface area contributed by atoms with Crippen LogP contribution in [0.25, 0.3) is 6.08 Å². The van der Waals surface area contributed by atoms with Crippen molar-refractivity contribution in [2.45, 2.75) is 13.3 Å². The molecule has 0 aliphatic rings. The first-order valence-corrected chi connectivity index (χ1v) is 5.19. The van der Waals surface area contributed by atoms with Crippen molar-refractivity contribution in [3.8, 4) is 6.07 Å². The van der Waals surface area contributed by atoms with E-state index in [4.69, 9.17) is 10.00 Å². The van der Waals surface area contributed by atoms with Gasteiger partial charge in [-0.1, -0.05) is 24.3 Å². The Morgan fingerprint density at radius 1 is 1.59 bits per heavy atom. The number of nitriles is 1. The third kappa shape index (κ3) is 3.72. The fraction of sp³-hybridized carbons (Fsp3) is 0.231. The van der Waals surface area contributed by atoms with Crippen LogP contribution in [-0.2, 0) is 9.53 Å². The molecule has 3 nitrogen and oxygen atoms in total. The summed E-state index contributed by atoms with van der Waals surface area (Å²) in [4.78, 5) is 11.0. The molecule has 1 rings (SSSR count). The number of ether oxygens (including phenoxy) is 1. The highest BCUT2D eigenvalue weighted by molar-refractivity contribution is 5.72. The van der Waals surface area contributed by atoms with Crippen molar-refractivity contribution < 1.29 is 13.9 Å². The van der Waals surface area contributed by atoms with Gasteiger partial charge in [-0.05, 0) is 13.0 Å². The molecule has 0 bridgehead atoms. The SMILES string of the molecule is CCOC(=O)CC=Cc1cccc(C#N)c1F. The molecule has 0 fully saturated rings. The smallest absolute Gasteiger partial charge is 0.309 e. The lowest BCUT2D eigenvalue weighted by Gasteiger charge is -1.99. The molecule has 0 spiro atoms. The third-order valence-corrected chi connectivity index (χ3v) is 2.04. The maximum Gasteiger partial charge on any atom is 0.309 e. The van der Waals surface area contributed by atoms with Gasteiger partial charge in [-0.2, -0.15) is 5.26 Å². The number of esters is 1. The molecule has 0 N–H and O–H groups in total. The van der Waals surface area contributed by atoms with E-state index in [0.717, 1.165) is 0 Å². The summed E-state index contributed by atoms with van der Waals surface area (Å²) in [7, 11) is 0. The Morgan fingerprint density at radius 2 is 2.35 bits per heavy atom. The van der Waals surface area contributed by atoms with Crippen LogP contribution in [0, 0.1) is 17.1 Å². The van der Waals surface area contributed by atoms with Crippen LogP contribution in [0.1, 0.15) is 24.5 Å². The van der Waals surface area contributed by atoms with Gasteiger partial charge >= 0.3 is 5.97 Å². The fourth-order valence-electron chi connectivity index (χ4n) is 1.27. The first-order valence-electron chi connectivity index (χ1n) is 5.19. The van der Waals surface area contributed by atoms with Crippen molar-refractivity contribution in [1.82, 2.24) is 0 Å². The summed E-state index contributed by atoms with van der Waals surface area (Å²) in [5.41, 5.74) is 0.275. The molecule has 0 saturated carbocycles. The zero-order valence-electron chi connectivity index (χ0n) is 9.44. The van der Waals surface area contributed by atoms with Gasteiger partial charge in [-0.3, -0.25) is 4.79 Å². The lowest BCUT2D eigenvalue weighted by atomic mass is 10.1. The van der Waals surface area contributed by atoms with Gasteiger partial charge in [-0.15, -0.1) is 0 Å². The number of hydrogen-bond acceptors (Lipinski definition) is 3. The van der Waals surface area contributed by atoms with Gasteiger partial charge in [0.15, 0.2) is 0 Å². The predicted octanol–water partition coefficient (Wildman–Crippen LogP) is 2.66. The van der Waals surface area contributed by atoms with Crippen molar-refractivity contribution in [3.05, 3.63) is 41.2 Å². The van der Waals surface area contributed by atoms with E-state index in [-0.39, 0.29) is 23.5 Å². The Balaban J connectivity index is 2.73. The van der Waals surface area contributed by atoms with E-state index in [9.17, 15) is 9.18 Å².